The SMILES string of the molecule is CCOC(=O)C(N)C(=O)Nc1ccc(-c2nnco2)cc1. The van der Waals surface area contributed by atoms with E-state index in [1.165, 1.54) is 6.39 Å². The Morgan fingerprint density at radius 1 is 1.38 bits per heavy atom. The molecule has 0 bridgehead atoms. The second kappa shape index (κ2) is 6.62. The van der Waals surface area contributed by atoms with Gasteiger partial charge in [-0.15, -0.1) is 10.2 Å². The maximum absolute atomic E-state index is 11.8. The fourth-order valence-electron chi connectivity index (χ4n) is 1.55. The Balaban J connectivity index is 2.00. The molecule has 1 atom stereocenters. The number of esters is 1. The van der Waals surface area contributed by atoms with Crippen molar-refractivity contribution >= 4 is 17.6 Å². The fourth-order valence-corrected chi connectivity index (χ4v) is 1.55. The Bertz CT molecular complexity index is 610. The number of ether oxygens (including phenoxy) is 1. The number of anilines is 1. The molecule has 8 nitrogen and oxygen atoms in total. The summed E-state index contributed by atoms with van der Waals surface area (Å²) < 4.78 is 9.72. The number of rotatable bonds is 5. The largest absolute Gasteiger partial charge is 0.464 e. The first-order valence-corrected chi connectivity index (χ1v) is 6.21. The van der Waals surface area contributed by atoms with Crippen LogP contribution in [-0.4, -0.2) is 34.7 Å². The van der Waals surface area contributed by atoms with Gasteiger partial charge in [0, 0.05) is 11.3 Å². The minimum atomic E-state index is -1.36. The molecule has 0 aliphatic rings. The predicted octanol–water partition coefficient (Wildman–Crippen LogP) is 0.565. The molecule has 1 amide bonds. The van der Waals surface area contributed by atoms with Gasteiger partial charge in [0.25, 0.3) is 5.91 Å². The lowest BCUT2D eigenvalue weighted by Crippen LogP contribution is -2.43. The summed E-state index contributed by atoms with van der Waals surface area (Å²) in [5.74, 6) is -1.03. The van der Waals surface area contributed by atoms with Gasteiger partial charge < -0.3 is 20.2 Å². The lowest BCUT2D eigenvalue weighted by atomic mass is 10.2. The topological polar surface area (TPSA) is 120 Å². The van der Waals surface area contributed by atoms with Gasteiger partial charge in [0.1, 0.15) is 0 Å². The molecule has 2 rings (SSSR count). The van der Waals surface area contributed by atoms with E-state index in [0.717, 1.165) is 0 Å². The summed E-state index contributed by atoms with van der Waals surface area (Å²) in [5.41, 5.74) is 6.68. The summed E-state index contributed by atoms with van der Waals surface area (Å²) in [5, 5.41) is 9.86. The van der Waals surface area contributed by atoms with Gasteiger partial charge >= 0.3 is 5.97 Å². The Kier molecular flexibility index (Phi) is 4.62. The van der Waals surface area contributed by atoms with Crippen LogP contribution >= 0.6 is 0 Å². The van der Waals surface area contributed by atoms with Crippen molar-refractivity contribution in [1.29, 1.82) is 0 Å². The van der Waals surface area contributed by atoms with Gasteiger partial charge in [0.15, 0.2) is 6.04 Å². The Morgan fingerprint density at radius 2 is 2.10 bits per heavy atom. The number of hydrogen-bond acceptors (Lipinski definition) is 7. The minimum absolute atomic E-state index is 0.165. The molecule has 110 valence electrons. The normalized spacial score (nSPS) is 11.7. The zero-order valence-corrected chi connectivity index (χ0v) is 11.3. The van der Waals surface area contributed by atoms with Gasteiger partial charge in [0.2, 0.25) is 12.3 Å². The van der Waals surface area contributed by atoms with Gasteiger partial charge in [-0.25, -0.2) is 4.79 Å². The Hall–Kier alpha value is -2.74. The third-order valence-electron chi connectivity index (χ3n) is 2.58. The van der Waals surface area contributed by atoms with Crippen LogP contribution in [0.3, 0.4) is 0 Å². The quantitative estimate of drug-likeness (QED) is 0.609. The smallest absolute Gasteiger partial charge is 0.332 e. The highest BCUT2D eigenvalue weighted by atomic mass is 16.5. The van der Waals surface area contributed by atoms with E-state index in [4.69, 9.17) is 10.2 Å². The van der Waals surface area contributed by atoms with Crippen LogP contribution in [0.4, 0.5) is 5.69 Å². The molecule has 1 aromatic heterocycles. The number of carbonyl (C=O) groups is 2. The first kappa shape index (κ1) is 14.7. The second-order valence-electron chi connectivity index (χ2n) is 4.04. The molecule has 0 aliphatic carbocycles. The van der Waals surface area contributed by atoms with Crippen molar-refractivity contribution in [1.82, 2.24) is 10.2 Å². The second-order valence-corrected chi connectivity index (χ2v) is 4.04. The van der Waals surface area contributed by atoms with Gasteiger partial charge in [-0.2, -0.15) is 0 Å². The van der Waals surface area contributed by atoms with Crippen LogP contribution in [-0.2, 0) is 14.3 Å². The van der Waals surface area contributed by atoms with Gasteiger partial charge in [-0.1, -0.05) is 0 Å². The molecule has 1 heterocycles. The summed E-state index contributed by atoms with van der Waals surface area (Å²) >= 11 is 0. The third-order valence-corrected chi connectivity index (χ3v) is 2.58. The van der Waals surface area contributed by atoms with Crippen molar-refractivity contribution < 1.29 is 18.7 Å². The van der Waals surface area contributed by atoms with Crippen LogP contribution in [0.1, 0.15) is 6.92 Å². The molecule has 8 heteroatoms. The van der Waals surface area contributed by atoms with E-state index in [2.05, 4.69) is 20.3 Å². The monoisotopic (exact) mass is 290 g/mol. The lowest BCUT2D eigenvalue weighted by molar-refractivity contribution is -0.146. The van der Waals surface area contributed by atoms with Crippen molar-refractivity contribution in [2.24, 2.45) is 5.73 Å². The zero-order chi connectivity index (χ0) is 15.2. The maximum Gasteiger partial charge on any atom is 0.332 e. The summed E-state index contributed by atoms with van der Waals surface area (Å²) in [6.07, 6.45) is 1.23. The van der Waals surface area contributed by atoms with Crippen molar-refractivity contribution in [3.63, 3.8) is 0 Å². The van der Waals surface area contributed by atoms with Crippen molar-refractivity contribution in [3.05, 3.63) is 30.7 Å². The molecular formula is C13H14N4O4. The highest BCUT2D eigenvalue weighted by molar-refractivity contribution is 6.08. The number of nitrogens with one attached hydrogen (secondary N) is 1. The van der Waals surface area contributed by atoms with Crippen LogP contribution in [0.2, 0.25) is 0 Å². The lowest BCUT2D eigenvalue weighted by Gasteiger charge is -2.11. The van der Waals surface area contributed by atoms with E-state index in [-0.39, 0.29) is 6.61 Å². The molecule has 3 N–H and O–H groups in total. The number of hydrogen-bond donors (Lipinski definition) is 2. The average Bonchev–Trinajstić information content (AvgIpc) is 3.01. The van der Waals surface area contributed by atoms with Crippen LogP contribution < -0.4 is 11.1 Å². The average molecular weight is 290 g/mol. The van der Waals surface area contributed by atoms with Crippen LogP contribution in [0, 0.1) is 0 Å². The number of aromatic nitrogens is 2. The van der Waals surface area contributed by atoms with Gasteiger partial charge in [-0.3, -0.25) is 4.79 Å². The molecule has 1 aromatic carbocycles. The number of nitrogens with two attached hydrogens (primary N) is 1. The van der Waals surface area contributed by atoms with E-state index in [1.807, 2.05) is 0 Å². The highest BCUT2D eigenvalue weighted by Gasteiger charge is 2.23. The number of amides is 1. The molecule has 0 fully saturated rings. The van der Waals surface area contributed by atoms with Crippen LogP contribution in [0.15, 0.2) is 35.1 Å². The number of benzene rings is 1. The molecular weight excluding hydrogens is 276 g/mol. The van der Waals surface area contributed by atoms with E-state index in [1.54, 1.807) is 31.2 Å². The van der Waals surface area contributed by atoms with E-state index >= 15 is 0 Å². The Morgan fingerprint density at radius 3 is 2.67 bits per heavy atom. The van der Waals surface area contributed by atoms with Gasteiger partial charge in [0.05, 0.1) is 6.61 Å². The molecule has 0 aliphatic heterocycles. The molecule has 0 saturated carbocycles. The molecule has 1 unspecified atom stereocenters. The number of carbonyl (C=O) groups excluding carboxylic acids is 2. The Labute approximate surface area is 120 Å². The van der Waals surface area contributed by atoms with Crippen molar-refractivity contribution in [2.45, 2.75) is 13.0 Å². The fraction of sp³-hybridized carbons (Fsp3) is 0.231. The minimum Gasteiger partial charge on any atom is -0.464 e. The molecule has 0 saturated heterocycles. The maximum atomic E-state index is 11.8. The zero-order valence-electron chi connectivity index (χ0n) is 11.3. The summed E-state index contributed by atoms with van der Waals surface area (Å²) in [7, 11) is 0. The van der Waals surface area contributed by atoms with E-state index < -0.39 is 17.9 Å². The highest BCUT2D eigenvalue weighted by Crippen LogP contribution is 2.18. The van der Waals surface area contributed by atoms with E-state index in [0.29, 0.717) is 17.1 Å². The van der Waals surface area contributed by atoms with E-state index in [9.17, 15) is 9.59 Å². The molecule has 21 heavy (non-hydrogen) atoms. The number of nitrogens with zero attached hydrogens (tertiary/aromatic N) is 2. The summed E-state index contributed by atoms with van der Waals surface area (Å²) in [6, 6.07) is 5.29. The summed E-state index contributed by atoms with van der Waals surface area (Å²) in [4.78, 5) is 23.1. The van der Waals surface area contributed by atoms with Crippen molar-refractivity contribution in [2.75, 3.05) is 11.9 Å². The van der Waals surface area contributed by atoms with Crippen molar-refractivity contribution in [3.8, 4) is 11.5 Å². The van der Waals surface area contributed by atoms with Crippen LogP contribution in [0.5, 0.6) is 0 Å². The predicted molar refractivity (Wildman–Crippen MR) is 73.0 cm³/mol. The third kappa shape index (κ3) is 3.63. The van der Waals surface area contributed by atoms with Crippen LogP contribution in [0.25, 0.3) is 11.5 Å². The molecule has 0 radical (unpaired) electrons. The standard InChI is InChI=1S/C13H14N4O4/c1-2-20-13(19)10(14)11(18)16-9-5-3-8(4-6-9)12-17-15-7-21-12/h3-7,10H,2,14H2,1H3,(H,16,18). The molecule has 0 spiro atoms. The first-order valence-electron chi connectivity index (χ1n) is 6.21. The van der Waals surface area contributed by atoms with Gasteiger partial charge in [-0.05, 0) is 31.2 Å². The molecule has 2 aromatic rings. The summed E-state index contributed by atoms with van der Waals surface area (Å²) in [6.45, 7) is 1.80. The first-order chi connectivity index (χ1) is 10.1.